The molecule has 0 fully saturated rings. The molecule has 0 saturated heterocycles. The molecule has 1 amide bonds. The standard InChI is InChI=1S/C16H19N3O5S/c1-17-11(20)7-19-10(5-6-24-2)18-14-13(15(19)21)12-8(16(22)23)3-4-9(12)25-14/h8H,3-7H2,1-2H3,(H,17,20)(H,22,23). The van der Waals surface area contributed by atoms with Gasteiger partial charge in [-0.2, -0.15) is 0 Å². The van der Waals surface area contributed by atoms with E-state index in [0.29, 0.717) is 47.5 Å². The van der Waals surface area contributed by atoms with Crippen LogP contribution in [0.1, 0.15) is 28.6 Å². The summed E-state index contributed by atoms with van der Waals surface area (Å²) in [5, 5.41) is 12.3. The molecule has 2 aromatic rings. The summed E-state index contributed by atoms with van der Waals surface area (Å²) in [7, 11) is 3.05. The van der Waals surface area contributed by atoms with Gasteiger partial charge in [0.2, 0.25) is 5.91 Å². The molecule has 2 heterocycles. The topological polar surface area (TPSA) is 111 Å². The molecule has 1 unspecified atom stereocenters. The van der Waals surface area contributed by atoms with Gasteiger partial charge in [-0.1, -0.05) is 0 Å². The zero-order valence-corrected chi connectivity index (χ0v) is 14.8. The highest BCUT2D eigenvalue weighted by Gasteiger charge is 2.34. The summed E-state index contributed by atoms with van der Waals surface area (Å²) in [4.78, 5) is 42.4. The Hall–Kier alpha value is -2.26. The fourth-order valence-corrected chi connectivity index (χ4v) is 4.44. The number of aromatic nitrogens is 2. The van der Waals surface area contributed by atoms with Crippen molar-refractivity contribution in [2.45, 2.75) is 31.7 Å². The molecule has 8 nitrogen and oxygen atoms in total. The van der Waals surface area contributed by atoms with Crippen LogP contribution in [0.15, 0.2) is 4.79 Å². The molecule has 0 radical (unpaired) electrons. The van der Waals surface area contributed by atoms with Crippen molar-refractivity contribution < 1.29 is 19.4 Å². The largest absolute Gasteiger partial charge is 0.481 e. The Labute approximate surface area is 147 Å². The van der Waals surface area contributed by atoms with E-state index >= 15 is 0 Å². The summed E-state index contributed by atoms with van der Waals surface area (Å²) >= 11 is 1.37. The molecule has 0 saturated carbocycles. The first kappa shape index (κ1) is 17.6. The number of nitrogens with zero attached hydrogens (tertiary/aromatic N) is 2. The number of rotatable bonds is 6. The van der Waals surface area contributed by atoms with Crippen LogP contribution in [0.3, 0.4) is 0 Å². The van der Waals surface area contributed by atoms with E-state index in [-0.39, 0.29) is 18.0 Å². The van der Waals surface area contributed by atoms with Gasteiger partial charge in [-0.3, -0.25) is 19.0 Å². The summed E-state index contributed by atoms with van der Waals surface area (Å²) in [6.45, 7) is 0.216. The number of aryl methyl sites for hydroxylation is 1. The molecule has 0 aromatic carbocycles. The maximum absolute atomic E-state index is 13.1. The van der Waals surface area contributed by atoms with Crippen molar-refractivity contribution in [3.63, 3.8) is 0 Å². The van der Waals surface area contributed by atoms with Crippen LogP contribution in [0.2, 0.25) is 0 Å². The maximum atomic E-state index is 13.1. The molecular formula is C16H19N3O5S. The van der Waals surface area contributed by atoms with Crippen LogP contribution < -0.4 is 10.9 Å². The van der Waals surface area contributed by atoms with Crippen LogP contribution in [0, 0.1) is 0 Å². The monoisotopic (exact) mass is 365 g/mol. The Morgan fingerprint density at radius 3 is 2.88 bits per heavy atom. The van der Waals surface area contributed by atoms with Crippen molar-refractivity contribution in [1.82, 2.24) is 14.9 Å². The van der Waals surface area contributed by atoms with Crippen LogP contribution in [0.5, 0.6) is 0 Å². The molecule has 3 rings (SSSR count). The molecule has 1 aliphatic rings. The SMILES string of the molecule is CNC(=O)Cn1c(CCOC)nc2sc3c(c2c1=O)C(C(=O)O)CC3. The smallest absolute Gasteiger partial charge is 0.311 e. The zero-order valence-electron chi connectivity index (χ0n) is 14.0. The maximum Gasteiger partial charge on any atom is 0.311 e. The first-order valence-corrected chi connectivity index (χ1v) is 8.76. The van der Waals surface area contributed by atoms with Crippen molar-refractivity contribution in [3.8, 4) is 0 Å². The Morgan fingerprint density at radius 1 is 1.48 bits per heavy atom. The van der Waals surface area contributed by atoms with Gasteiger partial charge in [-0.25, -0.2) is 4.98 Å². The van der Waals surface area contributed by atoms with Gasteiger partial charge in [0, 0.05) is 25.5 Å². The van der Waals surface area contributed by atoms with Crippen LogP contribution in [-0.4, -0.2) is 47.3 Å². The summed E-state index contributed by atoms with van der Waals surface area (Å²) in [6, 6.07) is 0. The number of ether oxygens (including phenoxy) is 1. The van der Waals surface area contributed by atoms with E-state index in [1.165, 1.54) is 23.0 Å². The van der Waals surface area contributed by atoms with Crippen molar-refractivity contribution in [3.05, 3.63) is 26.6 Å². The average Bonchev–Trinajstić information content (AvgIpc) is 3.13. The van der Waals surface area contributed by atoms with E-state index < -0.39 is 11.9 Å². The number of fused-ring (bicyclic) bond motifs is 3. The summed E-state index contributed by atoms with van der Waals surface area (Å²) < 4.78 is 6.39. The van der Waals surface area contributed by atoms with E-state index in [9.17, 15) is 19.5 Å². The van der Waals surface area contributed by atoms with E-state index in [2.05, 4.69) is 10.3 Å². The number of carboxylic acids is 1. The molecule has 2 N–H and O–H groups in total. The number of carbonyl (C=O) groups is 2. The molecule has 1 aliphatic carbocycles. The molecule has 25 heavy (non-hydrogen) atoms. The van der Waals surface area contributed by atoms with Gasteiger partial charge >= 0.3 is 5.97 Å². The van der Waals surface area contributed by atoms with Gasteiger partial charge < -0.3 is 15.2 Å². The van der Waals surface area contributed by atoms with Gasteiger partial charge in [0.25, 0.3) is 5.56 Å². The number of nitrogens with one attached hydrogen (secondary N) is 1. The third-order valence-electron chi connectivity index (χ3n) is 4.42. The summed E-state index contributed by atoms with van der Waals surface area (Å²) in [5.41, 5.74) is 0.222. The normalized spacial score (nSPS) is 16.2. The van der Waals surface area contributed by atoms with Gasteiger partial charge in [0.1, 0.15) is 17.2 Å². The highest BCUT2D eigenvalue weighted by atomic mass is 32.1. The lowest BCUT2D eigenvalue weighted by Gasteiger charge is -2.12. The molecule has 134 valence electrons. The second kappa shape index (κ2) is 6.93. The molecule has 0 aliphatic heterocycles. The number of likely N-dealkylation sites (N-methyl/N-ethyl adjacent to an activating group) is 1. The fraction of sp³-hybridized carbons (Fsp3) is 0.500. The van der Waals surface area contributed by atoms with Crippen molar-refractivity contribution in [1.29, 1.82) is 0 Å². The average molecular weight is 365 g/mol. The lowest BCUT2D eigenvalue weighted by molar-refractivity contribution is -0.138. The van der Waals surface area contributed by atoms with Crippen LogP contribution >= 0.6 is 11.3 Å². The second-order valence-electron chi connectivity index (χ2n) is 5.88. The number of amides is 1. The minimum atomic E-state index is -0.931. The Morgan fingerprint density at radius 2 is 2.24 bits per heavy atom. The number of hydrogen-bond donors (Lipinski definition) is 2. The Bertz CT molecular complexity index is 901. The lowest BCUT2D eigenvalue weighted by atomic mass is 10.0. The minimum Gasteiger partial charge on any atom is -0.481 e. The van der Waals surface area contributed by atoms with Gasteiger partial charge in [0.15, 0.2) is 0 Å². The first-order valence-electron chi connectivity index (χ1n) is 7.95. The first-order chi connectivity index (χ1) is 12.0. The van der Waals surface area contributed by atoms with E-state index in [1.54, 1.807) is 7.11 Å². The minimum absolute atomic E-state index is 0.153. The van der Waals surface area contributed by atoms with Crippen molar-refractivity contribution in [2.75, 3.05) is 20.8 Å². The number of carboxylic acid groups (broad SMARTS) is 1. The molecule has 1 atom stereocenters. The number of hydrogen-bond acceptors (Lipinski definition) is 6. The number of thiophene rings is 1. The molecule has 0 spiro atoms. The summed E-state index contributed by atoms with van der Waals surface area (Å²) in [6.07, 6.45) is 1.52. The molecule has 2 aromatic heterocycles. The lowest BCUT2D eigenvalue weighted by Crippen LogP contribution is -2.33. The predicted molar refractivity (Wildman–Crippen MR) is 92.2 cm³/mol. The molecule has 0 bridgehead atoms. The third-order valence-corrected chi connectivity index (χ3v) is 5.58. The van der Waals surface area contributed by atoms with Crippen LogP contribution in [0.4, 0.5) is 0 Å². The molecular weight excluding hydrogens is 346 g/mol. The zero-order chi connectivity index (χ0) is 18.1. The summed E-state index contributed by atoms with van der Waals surface area (Å²) in [5.74, 6) is -1.46. The van der Waals surface area contributed by atoms with Gasteiger partial charge in [-0.05, 0) is 18.4 Å². The predicted octanol–water partition coefficient (Wildman–Crippen LogP) is 0.507. The van der Waals surface area contributed by atoms with Crippen molar-refractivity contribution in [2.24, 2.45) is 0 Å². The fourth-order valence-electron chi connectivity index (χ4n) is 3.18. The van der Waals surface area contributed by atoms with E-state index in [4.69, 9.17) is 4.74 Å². The number of methoxy groups -OCH3 is 1. The van der Waals surface area contributed by atoms with Crippen LogP contribution in [-0.2, 0) is 33.7 Å². The highest BCUT2D eigenvalue weighted by molar-refractivity contribution is 7.18. The Kier molecular flexibility index (Phi) is 4.87. The van der Waals surface area contributed by atoms with E-state index in [1.807, 2.05) is 0 Å². The third kappa shape index (κ3) is 3.05. The second-order valence-corrected chi connectivity index (χ2v) is 6.97. The number of carbonyl (C=O) groups excluding carboxylic acids is 1. The van der Waals surface area contributed by atoms with E-state index in [0.717, 1.165) is 4.88 Å². The van der Waals surface area contributed by atoms with Crippen molar-refractivity contribution >= 4 is 33.4 Å². The van der Waals surface area contributed by atoms with Gasteiger partial charge in [-0.15, -0.1) is 11.3 Å². The number of aliphatic carboxylic acids is 1. The highest BCUT2D eigenvalue weighted by Crippen LogP contribution is 2.42. The quantitative estimate of drug-likeness (QED) is 0.772. The van der Waals surface area contributed by atoms with Crippen LogP contribution in [0.25, 0.3) is 10.2 Å². The Balaban J connectivity index is 2.21. The van der Waals surface area contributed by atoms with Gasteiger partial charge in [0.05, 0.1) is 17.9 Å². The molecule has 9 heteroatoms.